The summed E-state index contributed by atoms with van der Waals surface area (Å²) in [6.07, 6.45) is 0. The first-order valence-corrected chi connectivity index (χ1v) is 6.15. The number of carboxylic acids is 1. The van der Waals surface area contributed by atoms with Crippen molar-refractivity contribution in [2.24, 2.45) is 0 Å². The normalized spacial score (nSPS) is 10.2. The van der Waals surface area contributed by atoms with Gasteiger partial charge in [0, 0.05) is 6.07 Å². The quantitative estimate of drug-likeness (QED) is 0.684. The number of rotatable bonds is 4. The smallest absolute Gasteiger partial charge is 0.335 e. The Balaban J connectivity index is 2.38. The lowest BCUT2D eigenvalue weighted by Crippen LogP contribution is -2.00. The van der Waals surface area contributed by atoms with Gasteiger partial charge in [0.2, 0.25) is 5.75 Å². The molecule has 1 N–H and O–H groups in total. The van der Waals surface area contributed by atoms with Gasteiger partial charge < -0.3 is 9.84 Å². The highest BCUT2D eigenvalue weighted by Crippen LogP contribution is 2.32. The second-order valence-corrected chi connectivity index (χ2v) is 4.61. The maximum absolute atomic E-state index is 11.0. The summed E-state index contributed by atoms with van der Waals surface area (Å²) in [5, 5.41) is 20.0. The summed E-state index contributed by atoms with van der Waals surface area (Å²) in [4.78, 5) is 21.4. The molecule has 0 bridgehead atoms. The van der Waals surface area contributed by atoms with E-state index in [0.29, 0.717) is 11.3 Å². The van der Waals surface area contributed by atoms with Gasteiger partial charge in [0.1, 0.15) is 5.75 Å². The zero-order chi connectivity index (χ0) is 15.6. The van der Waals surface area contributed by atoms with E-state index in [-0.39, 0.29) is 17.0 Å². The topological polar surface area (TPSA) is 89.7 Å². The lowest BCUT2D eigenvalue weighted by atomic mass is 10.1. The maximum atomic E-state index is 11.0. The van der Waals surface area contributed by atoms with E-state index in [4.69, 9.17) is 9.84 Å². The molecule has 0 atom stereocenters. The second-order valence-electron chi connectivity index (χ2n) is 4.61. The van der Waals surface area contributed by atoms with Gasteiger partial charge in [-0.2, -0.15) is 0 Å². The van der Waals surface area contributed by atoms with Crippen LogP contribution in [0.2, 0.25) is 0 Å². The van der Waals surface area contributed by atoms with Gasteiger partial charge in [-0.25, -0.2) is 4.79 Å². The van der Waals surface area contributed by atoms with E-state index in [9.17, 15) is 14.9 Å². The van der Waals surface area contributed by atoms with Crippen molar-refractivity contribution in [3.63, 3.8) is 0 Å². The second kappa shape index (κ2) is 5.62. The first-order valence-electron chi connectivity index (χ1n) is 6.15. The van der Waals surface area contributed by atoms with Crippen LogP contribution in [0, 0.1) is 24.0 Å². The number of nitro groups is 1. The summed E-state index contributed by atoms with van der Waals surface area (Å²) < 4.78 is 5.53. The van der Waals surface area contributed by atoms with Crippen LogP contribution in [0.1, 0.15) is 21.5 Å². The third-order valence-electron chi connectivity index (χ3n) is 2.97. The van der Waals surface area contributed by atoms with Gasteiger partial charge in [-0.15, -0.1) is 0 Å². The number of carboxylic acid groups (broad SMARTS) is 1. The summed E-state index contributed by atoms with van der Waals surface area (Å²) in [5.74, 6) is -0.547. The number of hydrogen-bond donors (Lipinski definition) is 1. The summed E-state index contributed by atoms with van der Waals surface area (Å²) >= 11 is 0. The highest BCUT2D eigenvalue weighted by Gasteiger charge is 2.16. The Morgan fingerprint density at radius 3 is 2.48 bits per heavy atom. The SMILES string of the molecule is Cc1ccc([N+](=O)[O-])c(Oc2ccc(C(=O)O)c(C)c2)c1. The summed E-state index contributed by atoms with van der Waals surface area (Å²) in [6.45, 7) is 3.44. The molecule has 2 aromatic carbocycles. The third-order valence-corrected chi connectivity index (χ3v) is 2.97. The first kappa shape index (κ1) is 14.5. The molecule has 0 radical (unpaired) electrons. The van der Waals surface area contributed by atoms with Gasteiger partial charge in [-0.05, 0) is 49.2 Å². The van der Waals surface area contributed by atoms with Crippen LogP contribution in [-0.4, -0.2) is 16.0 Å². The fourth-order valence-corrected chi connectivity index (χ4v) is 1.92. The molecule has 0 aliphatic carbocycles. The van der Waals surface area contributed by atoms with Crippen LogP contribution in [0.3, 0.4) is 0 Å². The van der Waals surface area contributed by atoms with Crippen LogP contribution >= 0.6 is 0 Å². The Kier molecular flexibility index (Phi) is 3.89. The van der Waals surface area contributed by atoms with E-state index < -0.39 is 10.9 Å². The molecule has 0 spiro atoms. The Morgan fingerprint density at radius 1 is 1.19 bits per heavy atom. The lowest BCUT2D eigenvalue weighted by molar-refractivity contribution is -0.385. The fraction of sp³-hybridized carbons (Fsp3) is 0.133. The van der Waals surface area contributed by atoms with Gasteiger partial charge in [0.15, 0.2) is 0 Å². The van der Waals surface area contributed by atoms with E-state index in [1.807, 2.05) is 0 Å². The molecule has 2 rings (SSSR count). The van der Waals surface area contributed by atoms with Crippen LogP contribution in [0.4, 0.5) is 5.69 Å². The van der Waals surface area contributed by atoms with Crippen LogP contribution < -0.4 is 4.74 Å². The number of carbonyl (C=O) groups is 1. The highest BCUT2D eigenvalue weighted by molar-refractivity contribution is 5.89. The van der Waals surface area contributed by atoms with Crippen LogP contribution in [0.25, 0.3) is 0 Å². The number of aryl methyl sites for hydroxylation is 2. The van der Waals surface area contributed by atoms with Gasteiger partial charge >= 0.3 is 11.7 Å². The number of aromatic carboxylic acids is 1. The van der Waals surface area contributed by atoms with Gasteiger partial charge in [0.05, 0.1) is 10.5 Å². The van der Waals surface area contributed by atoms with E-state index in [1.54, 1.807) is 26.0 Å². The molecule has 0 saturated heterocycles. The summed E-state index contributed by atoms with van der Waals surface area (Å²) in [6, 6.07) is 9.00. The Hall–Kier alpha value is -2.89. The van der Waals surface area contributed by atoms with Crippen molar-refractivity contribution >= 4 is 11.7 Å². The van der Waals surface area contributed by atoms with Gasteiger partial charge in [-0.1, -0.05) is 6.07 Å². The van der Waals surface area contributed by atoms with Crippen LogP contribution in [-0.2, 0) is 0 Å². The minimum absolute atomic E-state index is 0.127. The molecule has 0 aliphatic rings. The molecule has 108 valence electrons. The number of nitro benzene ring substituents is 1. The van der Waals surface area contributed by atoms with Crippen LogP contribution in [0.15, 0.2) is 36.4 Å². The number of ether oxygens (including phenoxy) is 1. The summed E-state index contributed by atoms with van der Waals surface area (Å²) in [5.41, 5.74) is 1.38. The molecule has 6 nitrogen and oxygen atoms in total. The third kappa shape index (κ3) is 3.17. The Labute approximate surface area is 120 Å². The number of benzene rings is 2. The molecule has 0 heterocycles. The zero-order valence-corrected chi connectivity index (χ0v) is 11.5. The Bertz CT molecular complexity index is 724. The number of nitrogens with zero attached hydrogens (tertiary/aromatic N) is 1. The van der Waals surface area contributed by atoms with Crippen LogP contribution in [0.5, 0.6) is 11.5 Å². The molecule has 0 fully saturated rings. The first-order chi connectivity index (χ1) is 9.88. The van der Waals surface area contributed by atoms with E-state index >= 15 is 0 Å². The molecule has 0 aliphatic heterocycles. The van der Waals surface area contributed by atoms with Crippen molar-refractivity contribution in [1.82, 2.24) is 0 Å². The molecule has 6 heteroatoms. The van der Waals surface area contributed by atoms with Gasteiger partial charge in [-0.3, -0.25) is 10.1 Å². The van der Waals surface area contributed by atoms with E-state index in [0.717, 1.165) is 5.56 Å². The monoisotopic (exact) mass is 287 g/mol. The molecule has 21 heavy (non-hydrogen) atoms. The standard InChI is InChI=1S/C15H13NO5/c1-9-3-6-13(16(19)20)14(7-9)21-11-4-5-12(15(17)18)10(2)8-11/h3-8H,1-2H3,(H,17,18). The van der Waals surface area contributed by atoms with Crippen molar-refractivity contribution in [2.45, 2.75) is 13.8 Å². The minimum atomic E-state index is -1.03. The summed E-state index contributed by atoms with van der Waals surface area (Å²) in [7, 11) is 0. The zero-order valence-electron chi connectivity index (χ0n) is 11.5. The van der Waals surface area contributed by atoms with E-state index in [1.165, 1.54) is 24.3 Å². The largest absolute Gasteiger partial charge is 0.478 e. The molecule has 0 aromatic heterocycles. The van der Waals surface area contributed by atoms with E-state index in [2.05, 4.69) is 0 Å². The molecule has 2 aromatic rings. The molecular weight excluding hydrogens is 274 g/mol. The molecule has 0 saturated carbocycles. The lowest BCUT2D eigenvalue weighted by Gasteiger charge is -2.09. The maximum Gasteiger partial charge on any atom is 0.335 e. The Morgan fingerprint density at radius 2 is 1.90 bits per heavy atom. The average molecular weight is 287 g/mol. The highest BCUT2D eigenvalue weighted by atomic mass is 16.6. The van der Waals surface area contributed by atoms with Crippen molar-refractivity contribution in [3.8, 4) is 11.5 Å². The fourth-order valence-electron chi connectivity index (χ4n) is 1.92. The van der Waals surface area contributed by atoms with Gasteiger partial charge in [0.25, 0.3) is 0 Å². The van der Waals surface area contributed by atoms with Crippen molar-refractivity contribution < 1.29 is 19.6 Å². The predicted octanol–water partition coefficient (Wildman–Crippen LogP) is 3.70. The molecule has 0 unspecified atom stereocenters. The van der Waals surface area contributed by atoms with Crippen molar-refractivity contribution in [3.05, 3.63) is 63.2 Å². The molecular formula is C15H13NO5. The number of hydrogen-bond acceptors (Lipinski definition) is 4. The van der Waals surface area contributed by atoms with Crippen molar-refractivity contribution in [2.75, 3.05) is 0 Å². The predicted molar refractivity (Wildman–Crippen MR) is 76.0 cm³/mol. The molecule has 0 amide bonds. The average Bonchev–Trinajstić information content (AvgIpc) is 2.37. The van der Waals surface area contributed by atoms with Crippen molar-refractivity contribution in [1.29, 1.82) is 0 Å². The minimum Gasteiger partial charge on any atom is -0.478 e.